The van der Waals surface area contributed by atoms with Gasteiger partial charge in [-0.15, -0.1) is 0 Å². The molecule has 11 heteroatoms. The normalized spacial score (nSPS) is 13.7. The number of rotatable bonds is 6. The van der Waals surface area contributed by atoms with Gasteiger partial charge in [0, 0.05) is 33.1 Å². The van der Waals surface area contributed by atoms with Gasteiger partial charge in [-0.1, -0.05) is 11.6 Å². The molecule has 0 saturated heterocycles. The number of amides is 1. The first kappa shape index (κ1) is 23.0. The van der Waals surface area contributed by atoms with Crippen LogP contribution >= 0.6 is 11.6 Å². The molecule has 0 spiro atoms. The number of benzene rings is 1. The lowest BCUT2D eigenvalue weighted by Gasteiger charge is -2.12. The van der Waals surface area contributed by atoms with E-state index >= 15 is 0 Å². The number of hydrogen-bond donors (Lipinski definition) is 0. The predicted octanol–water partition coefficient (Wildman–Crippen LogP) is 4.23. The lowest BCUT2D eigenvalue weighted by molar-refractivity contribution is 0.0989. The van der Waals surface area contributed by atoms with Crippen LogP contribution in [0.15, 0.2) is 32.6 Å². The van der Waals surface area contributed by atoms with Gasteiger partial charge in [0.15, 0.2) is 0 Å². The summed E-state index contributed by atoms with van der Waals surface area (Å²) in [6, 6.07) is 3.07. The molecule has 0 N–H and O–H groups in total. The molecule has 0 saturated carbocycles. The Morgan fingerprint density at radius 2 is 2.10 bits per heavy atom. The van der Waals surface area contributed by atoms with Gasteiger partial charge in [0.2, 0.25) is 0 Å². The van der Waals surface area contributed by atoms with Crippen molar-refractivity contribution in [3.8, 4) is 0 Å². The van der Waals surface area contributed by atoms with Gasteiger partial charge in [-0.2, -0.15) is 9.46 Å². The minimum Gasteiger partial charge on any atom is -0.366 e. The van der Waals surface area contributed by atoms with E-state index in [0.717, 1.165) is 17.4 Å². The van der Waals surface area contributed by atoms with E-state index in [1.54, 1.807) is 19.3 Å². The third-order valence-electron chi connectivity index (χ3n) is 4.10. The SMILES string of the molecule is CCN(C)C=Nc1cc(C)c(S(C)(=O)=NC(=O)c2cn(C)nc2C(F)F)cc1Cl. The van der Waals surface area contributed by atoms with Gasteiger partial charge in [-0.05, 0) is 31.5 Å². The molecular formula is C18H22ClF2N5O2S. The van der Waals surface area contributed by atoms with Crippen LogP contribution in [0.25, 0.3) is 0 Å². The lowest BCUT2D eigenvalue weighted by Crippen LogP contribution is -2.14. The number of nitrogens with zero attached hydrogens (tertiary/aromatic N) is 5. The first-order valence-electron chi connectivity index (χ1n) is 8.59. The molecule has 0 radical (unpaired) electrons. The smallest absolute Gasteiger partial charge is 0.289 e. The van der Waals surface area contributed by atoms with Crippen molar-refractivity contribution in [2.24, 2.45) is 16.4 Å². The first-order chi connectivity index (χ1) is 13.5. The molecule has 0 aliphatic heterocycles. The van der Waals surface area contributed by atoms with Gasteiger partial charge in [0.25, 0.3) is 12.3 Å². The fourth-order valence-corrected chi connectivity index (χ4v) is 4.27. The van der Waals surface area contributed by atoms with E-state index in [-0.39, 0.29) is 15.5 Å². The standard InChI is InChI=1S/C18H22ClF2N5O2S/c1-6-25(3)10-22-14-7-11(2)15(8-13(14)19)29(5,28)24-18(27)12-9-26(4)23-16(12)17(20)21/h7-10,17H,6H2,1-5H3. The number of halogens is 3. The molecule has 7 nitrogen and oxygen atoms in total. The van der Waals surface area contributed by atoms with Crippen molar-refractivity contribution in [1.82, 2.24) is 14.7 Å². The van der Waals surface area contributed by atoms with E-state index in [1.807, 2.05) is 18.9 Å². The zero-order valence-corrected chi connectivity index (χ0v) is 18.3. The molecule has 158 valence electrons. The van der Waals surface area contributed by atoms with E-state index in [4.69, 9.17) is 11.6 Å². The largest absolute Gasteiger partial charge is 0.366 e. The molecule has 2 rings (SSSR count). The summed E-state index contributed by atoms with van der Waals surface area (Å²) < 4.78 is 44.2. The number of alkyl halides is 2. The second-order valence-electron chi connectivity index (χ2n) is 6.49. The molecule has 1 amide bonds. The lowest BCUT2D eigenvalue weighted by atomic mass is 10.2. The number of aryl methyl sites for hydroxylation is 2. The summed E-state index contributed by atoms with van der Waals surface area (Å²) in [7, 11) is 0.0131. The van der Waals surface area contributed by atoms with Crippen LogP contribution in [0, 0.1) is 6.92 Å². The van der Waals surface area contributed by atoms with E-state index in [2.05, 4.69) is 14.5 Å². The van der Waals surface area contributed by atoms with Crippen LogP contribution in [0.2, 0.25) is 5.02 Å². The van der Waals surface area contributed by atoms with Gasteiger partial charge in [-0.3, -0.25) is 9.48 Å². The number of aromatic nitrogens is 2. The van der Waals surface area contributed by atoms with Crippen LogP contribution in [0.3, 0.4) is 0 Å². The average Bonchev–Trinajstić information content (AvgIpc) is 3.03. The molecular weight excluding hydrogens is 424 g/mol. The van der Waals surface area contributed by atoms with Gasteiger partial charge in [0.1, 0.15) is 5.69 Å². The van der Waals surface area contributed by atoms with Crippen LogP contribution in [0.5, 0.6) is 0 Å². The maximum atomic E-state index is 13.1. The number of carbonyl (C=O) groups excluding carboxylic acids is 1. The van der Waals surface area contributed by atoms with Crippen molar-refractivity contribution in [2.75, 3.05) is 19.8 Å². The van der Waals surface area contributed by atoms with Gasteiger partial charge in [0.05, 0.1) is 37.2 Å². The summed E-state index contributed by atoms with van der Waals surface area (Å²) in [6.45, 7) is 4.41. The Bertz CT molecular complexity index is 1070. The number of carbonyl (C=O) groups is 1. The van der Waals surface area contributed by atoms with Gasteiger partial charge in [-0.25, -0.2) is 18.0 Å². The molecule has 2 aromatic rings. The fourth-order valence-electron chi connectivity index (χ4n) is 2.49. The number of aliphatic imine (C=N–C) groups is 1. The van der Waals surface area contributed by atoms with Crippen LogP contribution in [0.1, 0.15) is 35.0 Å². The molecule has 0 aliphatic carbocycles. The summed E-state index contributed by atoms with van der Waals surface area (Å²) in [4.78, 5) is 18.8. The summed E-state index contributed by atoms with van der Waals surface area (Å²) in [5.74, 6) is -1.02. The third kappa shape index (κ3) is 5.39. The van der Waals surface area contributed by atoms with Gasteiger partial charge < -0.3 is 4.90 Å². The Balaban J connectivity index is 2.48. The van der Waals surface area contributed by atoms with Crippen molar-refractivity contribution < 1.29 is 17.8 Å². The summed E-state index contributed by atoms with van der Waals surface area (Å²) in [5.41, 5.74) is -0.0485. The maximum Gasteiger partial charge on any atom is 0.289 e. The Hall–Kier alpha value is -2.33. The zero-order chi connectivity index (χ0) is 21.9. The minimum atomic E-state index is -3.25. The van der Waals surface area contributed by atoms with Crippen molar-refractivity contribution in [2.45, 2.75) is 25.2 Å². The Kier molecular flexibility index (Phi) is 7.12. The van der Waals surface area contributed by atoms with Crippen molar-refractivity contribution in [1.29, 1.82) is 0 Å². The average molecular weight is 446 g/mol. The monoisotopic (exact) mass is 445 g/mol. The van der Waals surface area contributed by atoms with Crippen LogP contribution < -0.4 is 0 Å². The number of hydrogen-bond acceptors (Lipinski definition) is 4. The molecule has 1 heterocycles. The maximum absolute atomic E-state index is 13.1. The minimum absolute atomic E-state index is 0.234. The first-order valence-corrected chi connectivity index (χ1v) is 10.9. The van der Waals surface area contributed by atoms with Crippen LogP contribution in [-0.4, -0.2) is 51.0 Å². The molecule has 1 atom stereocenters. The third-order valence-corrected chi connectivity index (χ3v) is 6.17. The van der Waals surface area contributed by atoms with E-state index in [1.165, 1.54) is 19.4 Å². The summed E-state index contributed by atoms with van der Waals surface area (Å²) >= 11 is 6.26. The molecule has 29 heavy (non-hydrogen) atoms. The molecule has 0 bridgehead atoms. The fraction of sp³-hybridized carbons (Fsp3) is 0.389. The summed E-state index contributed by atoms with van der Waals surface area (Å²) in [6.07, 6.45) is 1.06. The molecule has 1 aromatic carbocycles. The second kappa shape index (κ2) is 9.00. The highest BCUT2D eigenvalue weighted by molar-refractivity contribution is 7.93. The topological polar surface area (TPSA) is 79.9 Å². The van der Waals surface area contributed by atoms with E-state index < -0.39 is 27.8 Å². The molecule has 0 fully saturated rings. The highest BCUT2D eigenvalue weighted by Gasteiger charge is 2.24. The Morgan fingerprint density at radius 1 is 1.45 bits per heavy atom. The van der Waals surface area contributed by atoms with E-state index in [9.17, 15) is 17.8 Å². The van der Waals surface area contributed by atoms with Crippen LogP contribution in [-0.2, 0) is 16.8 Å². The Labute approximate surface area is 173 Å². The highest BCUT2D eigenvalue weighted by atomic mass is 35.5. The molecule has 1 unspecified atom stereocenters. The quantitative estimate of drug-likeness (QED) is 0.492. The zero-order valence-electron chi connectivity index (χ0n) is 16.7. The van der Waals surface area contributed by atoms with Crippen LogP contribution in [0.4, 0.5) is 14.5 Å². The van der Waals surface area contributed by atoms with Crippen molar-refractivity contribution in [3.63, 3.8) is 0 Å². The van der Waals surface area contributed by atoms with E-state index in [0.29, 0.717) is 11.3 Å². The predicted molar refractivity (Wildman–Crippen MR) is 110 cm³/mol. The Morgan fingerprint density at radius 3 is 2.69 bits per heavy atom. The second-order valence-corrected chi connectivity index (χ2v) is 9.12. The van der Waals surface area contributed by atoms with Crippen molar-refractivity contribution >= 4 is 39.3 Å². The van der Waals surface area contributed by atoms with Gasteiger partial charge >= 0.3 is 0 Å². The molecule has 0 aliphatic rings. The molecule has 1 aromatic heterocycles. The summed E-state index contributed by atoms with van der Waals surface area (Å²) in [5, 5.41) is 3.81. The highest BCUT2D eigenvalue weighted by Crippen LogP contribution is 2.31. The van der Waals surface area contributed by atoms with Crippen molar-refractivity contribution in [3.05, 3.63) is 40.2 Å².